The number of carbonyl (C=O) groups is 2. The highest BCUT2D eigenvalue weighted by molar-refractivity contribution is 6.32. The molecule has 0 amide bonds. The average Bonchev–Trinajstić information content (AvgIpc) is 2.37. The lowest BCUT2D eigenvalue weighted by atomic mass is 10.1. The molecule has 0 aliphatic heterocycles. The SMILES string of the molecule is COC(=O)CCC(=O)c1cc(Cl)c(OC)cc1O. The molecule has 0 aliphatic rings. The van der Waals surface area contributed by atoms with Crippen LogP contribution in [-0.4, -0.2) is 31.1 Å². The van der Waals surface area contributed by atoms with Gasteiger partial charge < -0.3 is 14.6 Å². The van der Waals surface area contributed by atoms with Gasteiger partial charge in [0.15, 0.2) is 5.78 Å². The molecule has 18 heavy (non-hydrogen) atoms. The van der Waals surface area contributed by atoms with Crippen LogP contribution in [0.5, 0.6) is 11.5 Å². The van der Waals surface area contributed by atoms with E-state index in [0.717, 1.165) is 0 Å². The average molecular weight is 273 g/mol. The van der Waals surface area contributed by atoms with Crippen molar-refractivity contribution in [3.8, 4) is 11.5 Å². The van der Waals surface area contributed by atoms with Crippen molar-refractivity contribution in [2.45, 2.75) is 12.8 Å². The van der Waals surface area contributed by atoms with E-state index in [1.165, 1.54) is 26.4 Å². The van der Waals surface area contributed by atoms with Gasteiger partial charge in [0.25, 0.3) is 0 Å². The normalized spacial score (nSPS) is 9.94. The van der Waals surface area contributed by atoms with E-state index in [4.69, 9.17) is 16.3 Å². The third-order valence-electron chi connectivity index (χ3n) is 2.35. The summed E-state index contributed by atoms with van der Waals surface area (Å²) in [5.74, 6) is -0.824. The Labute approximate surface area is 109 Å². The fourth-order valence-electron chi connectivity index (χ4n) is 1.37. The minimum absolute atomic E-state index is 0.0432. The number of hydrogen-bond acceptors (Lipinski definition) is 5. The van der Waals surface area contributed by atoms with Gasteiger partial charge in [-0.1, -0.05) is 11.6 Å². The first-order valence-corrected chi connectivity index (χ1v) is 5.54. The molecule has 1 N–H and O–H groups in total. The summed E-state index contributed by atoms with van der Waals surface area (Å²) in [7, 11) is 2.65. The highest BCUT2D eigenvalue weighted by Gasteiger charge is 2.16. The molecule has 0 heterocycles. The van der Waals surface area contributed by atoms with Crippen LogP contribution in [0.4, 0.5) is 0 Å². The molecule has 0 bridgehead atoms. The van der Waals surface area contributed by atoms with E-state index in [1.54, 1.807) is 0 Å². The zero-order valence-electron chi connectivity index (χ0n) is 10.0. The molecule has 5 nitrogen and oxygen atoms in total. The summed E-state index contributed by atoms with van der Waals surface area (Å²) in [6.45, 7) is 0. The van der Waals surface area contributed by atoms with E-state index in [1.807, 2.05) is 0 Å². The summed E-state index contributed by atoms with van der Waals surface area (Å²) in [4.78, 5) is 22.7. The molecule has 1 aromatic carbocycles. The molecule has 6 heteroatoms. The van der Waals surface area contributed by atoms with Crippen LogP contribution in [0.2, 0.25) is 5.02 Å². The molecule has 0 aromatic heterocycles. The standard InChI is InChI=1S/C12H13ClO5/c1-17-11-6-10(15)7(5-8(11)13)9(14)3-4-12(16)18-2/h5-6,15H,3-4H2,1-2H3. The molecule has 0 saturated heterocycles. The van der Waals surface area contributed by atoms with Gasteiger partial charge in [-0.2, -0.15) is 0 Å². The Morgan fingerprint density at radius 1 is 1.28 bits per heavy atom. The molecule has 0 aliphatic carbocycles. The Morgan fingerprint density at radius 3 is 2.50 bits per heavy atom. The van der Waals surface area contributed by atoms with E-state index in [9.17, 15) is 14.7 Å². The number of hydrogen-bond donors (Lipinski definition) is 1. The van der Waals surface area contributed by atoms with E-state index in [0.29, 0.717) is 0 Å². The quantitative estimate of drug-likeness (QED) is 0.657. The zero-order chi connectivity index (χ0) is 13.7. The Kier molecular flexibility index (Phi) is 4.97. The predicted octanol–water partition coefficient (Wildman–Crippen LogP) is 2.19. The Hall–Kier alpha value is -1.75. The molecule has 0 atom stereocenters. The van der Waals surface area contributed by atoms with Gasteiger partial charge in [-0.05, 0) is 6.07 Å². The molecule has 0 saturated carbocycles. The minimum atomic E-state index is -0.484. The van der Waals surface area contributed by atoms with Crippen LogP contribution in [0.25, 0.3) is 0 Å². The van der Waals surface area contributed by atoms with Crippen molar-refractivity contribution in [3.05, 3.63) is 22.7 Å². The van der Waals surface area contributed by atoms with Crippen LogP contribution in [-0.2, 0) is 9.53 Å². The first kappa shape index (κ1) is 14.3. The van der Waals surface area contributed by atoms with Gasteiger partial charge in [-0.15, -0.1) is 0 Å². The van der Waals surface area contributed by atoms with Crippen LogP contribution in [0, 0.1) is 0 Å². The summed E-state index contributed by atoms with van der Waals surface area (Å²) in [5, 5.41) is 9.88. The zero-order valence-corrected chi connectivity index (χ0v) is 10.8. The summed E-state index contributed by atoms with van der Waals surface area (Å²) in [5.41, 5.74) is 0.0599. The summed E-state index contributed by atoms with van der Waals surface area (Å²) >= 11 is 5.86. The van der Waals surface area contributed by atoms with Crippen LogP contribution in [0.3, 0.4) is 0 Å². The monoisotopic (exact) mass is 272 g/mol. The molecular formula is C12H13ClO5. The van der Waals surface area contributed by atoms with Crippen molar-refractivity contribution in [1.29, 1.82) is 0 Å². The number of Topliss-reactive ketones (excluding diaryl/α,β-unsaturated/α-hetero) is 1. The number of phenolic OH excluding ortho intramolecular Hbond substituents is 1. The van der Waals surface area contributed by atoms with E-state index in [-0.39, 0.29) is 40.7 Å². The number of esters is 1. The van der Waals surface area contributed by atoms with Crippen molar-refractivity contribution in [2.75, 3.05) is 14.2 Å². The highest BCUT2D eigenvalue weighted by atomic mass is 35.5. The van der Waals surface area contributed by atoms with Crippen molar-refractivity contribution >= 4 is 23.4 Å². The Morgan fingerprint density at radius 2 is 1.94 bits per heavy atom. The first-order chi connectivity index (χ1) is 8.49. The lowest BCUT2D eigenvalue weighted by molar-refractivity contribution is -0.140. The maximum absolute atomic E-state index is 11.8. The Balaban J connectivity index is 2.86. The summed E-state index contributed by atoms with van der Waals surface area (Å²) in [6, 6.07) is 2.57. The number of carbonyl (C=O) groups excluding carboxylic acids is 2. The number of methoxy groups -OCH3 is 2. The number of ether oxygens (including phenoxy) is 2. The van der Waals surface area contributed by atoms with Gasteiger partial charge >= 0.3 is 5.97 Å². The third-order valence-corrected chi connectivity index (χ3v) is 2.65. The second kappa shape index (κ2) is 6.26. The topological polar surface area (TPSA) is 72.8 Å². The van der Waals surface area contributed by atoms with Crippen molar-refractivity contribution in [1.82, 2.24) is 0 Å². The van der Waals surface area contributed by atoms with Gasteiger partial charge in [-0.3, -0.25) is 9.59 Å². The van der Waals surface area contributed by atoms with Gasteiger partial charge in [0.05, 0.1) is 31.2 Å². The molecule has 1 rings (SSSR count). The second-order valence-electron chi connectivity index (χ2n) is 3.50. The molecular weight excluding hydrogens is 260 g/mol. The second-order valence-corrected chi connectivity index (χ2v) is 3.91. The van der Waals surface area contributed by atoms with Crippen LogP contribution >= 0.6 is 11.6 Å². The smallest absolute Gasteiger partial charge is 0.305 e. The van der Waals surface area contributed by atoms with Crippen molar-refractivity contribution in [3.63, 3.8) is 0 Å². The van der Waals surface area contributed by atoms with Crippen LogP contribution in [0.15, 0.2) is 12.1 Å². The Bertz CT molecular complexity index is 470. The fourth-order valence-corrected chi connectivity index (χ4v) is 1.62. The molecule has 0 unspecified atom stereocenters. The number of rotatable bonds is 5. The maximum Gasteiger partial charge on any atom is 0.305 e. The number of phenols is 1. The number of halogens is 1. The lowest BCUT2D eigenvalue weighted by Crippen LogP contribution is -2.06. The number of benzene rings is 1. The van der Waals surface area contributed by atoms with Gasteiger partial charge in [0, 0.05) is 12.5 Å². The summed E-state index contributed by atoms with van der Waals surface area (Å²) in [6.07, 6.45) is -0.0959. The van der Waals surface area contributed by atoms with Gasteiger partial charge in [-0.25, -0.2) is 0 Å². The van der Waals surface area contributed by atoms with E-state index >= 15 is 0 Å². The fraction of sp³-hybridized carbons (Fsp3) is 0.333. The van der Waals surface area contributed by atoms with E-state index < -0.39 is 5.97 Å². The number of ketones is 1. The maximum atomic E-state index is 11.8. The third kappa shape index (κ3) is 3.37. The molecule has 98 valence electrons. The molecule has 0 radical (unpaired) electrons. The minimum Gasteiger partial charge on any atom is -0.507 e. The van der Waals surface area contributed by atoms with Gasteiger partial charge in [0.2, 0.25) is 0 Å². The molecule has 0 fully saturated rings. The van der Waals surface area contributed by atoms with Crippen molar-refractivity contribution < 1.29 is 24.2 Å². The predicted molar refractivity (Wildman–Crippen MR) is 65.2 cm³/mol. The number of aromatic hydroxyl groups is 1. The lowest BCUT2D eigenvalue weighted by Gasteiger charge is -2.08. The van der Waals surface area contributed by atoms with Crippen LogP contribution < -0.4 is 4.74 Å². The van der Waals surface area contributed by atoms with Crippen LogP contribution in [0.1, 0.15) is 23.2 Å². The molecule has 1 aromatic rings. The molecule has 0 spiro atoms. The first-order valence-electron chi connectivity index (χ1n) is 5.16. The largest absolute Gasteiger partial charge is 0.507 e. The van der Waals surface area contributed by atoms with Gasteiger partial charge in [0.1, 0.15) is 11.5 Å². The summed E-state index contributed by atoms with van der Waals surface area (Å²) < 4.78 is 9.33. The van der Waals surface area contributed by atoms with E-state index in [2.05, 4.69) is 4.74 Å². The highest BCUT2D eigenvalue weighted by Crippen LogP contribution is 2.32. The van der Waals surface area contributed by atoms with Crippen molar-refractivity contribution in [2.24, 2.45) is 0 Å².